The van der Waals surface area contributed by atoms with Crippen LogP contribution in [0.25, 0.3) is 0 Å². The SMILES string of the molecule is CCC[C@](O)(CC[C@@H](C)[C@H]1CC[C@H]2[C@@H]3CC[C@H]4C[C@](O)(C(F)(F)F)CC[C@]4(C)[C@H]3CC[C@]12C)OC. The molecule has 0 saturated heterocycles. The molecule has 0 bridgehead atoms. The molecule has 10 atom stereocenters. The molecule has 0 aromatic carbocycles. The third-order valence-corrected chi connectivity index (χ3v) is 12.0. The average Bonchev–Trinajstić information content (AvgIpc) is 3.15. The third kappa shape index (κ3) is 4.60. The van der Waals surface area contributed by atoms with Gasteiger partial charge in [0.25, 0.3) is 0 Å². The second kappa shape index (κ2) is 9.45. The number of halogens is 3. The number of alkyl halides is 3. The number of rotatable bonds is 7. The molecule has 204 valence electrons. The molecule has 0 aromatic heterocycles. The minimum Gasteiger partial charge on any atom is -0.380 e. The van der Waals surface area contributed by atoms with Crippen molar-refractivity contribution in [1.29, 1.82) is 0 Å². The van der Waals surface area contributed by atoms with Crippen LogP contribution in [0.15, 0.2) is 0 Å². The summed E-state index contributed by atoms with van der Waals surface area (Å²) in [6, 6.07) is 0. The molecule has 0 spiro atoms. The summed E-state index contributed by atoms with van der Waals surface area (Å²) in [5, 5.41) is 21.2. The second-order valence-corrected chi connectivity index (χ2v) is 13.5. The van der Waals surface area contributed by atoms with Crippen LogP contribution < -0.4 is 0 Å². The van der Waals surface area contributed by atoms with Gasteiger partial charge in [0.1, 0.15) is 0 Å². The summed E-state index contributed by atoms with van der Waals surface area (Å²) >= 11 is 0. The molecule has 4 rings (SSSR count). The Hall–Kier alpha value is -0.330. The van der Waals surface area contributed by atoms with Gasteiger partial charge < -0.3 is 14.9 Å². The van der Waals surface area contributed by atoms with Crippen LogP contribution in [0, 0.1) is 46.3 Å². The first kappa shape index (κ1) is 27.7. The van der Waals surface area contributed by atoms with Crippen molar-refractivity contribution < 1.29 is 28.1 Å². The highest BCUT2D eigenvalue weighted by atomic mass is 19.4. The number of aliphatic hydroxyl groups is 2. The molecular formula is C29H49F3O3. The number of methoxy groups -OCH3 is 1. The Kier molecular flexibility index (Phi) is 7.48. The van der Waals surface area contributed by atoms with Crippen LogP contribution in [0.4, 0.5) is 13.2 Å². The fraction of sp³-hybridized carbons (Fsp3) is 1.00. The van der Waals surface area contributed by atoms with E-state index >= 15 is 0 Å². The summed E-state index contributed by atoms with van der Waals surface area (Å²) in [6.07, 6.45) is 5.43. The lowest BCUT2D eigenvalue weighted by Crippen LogP contribution is -2.59. The maximum Gasteiger partial charge on any atom is 0.417 e. The van der Waals surface area contributed by atoms with Gasteiger partial charge >= 0.3 is 6.18 Å². The molecule has 35 heavy (non-hydrogen) atoms. The van der Waals surface area contributed by atoms with Crippen molar-refractivity contribution in [3.8, 4) is 0 Å². The first-order valence-corrected chi connectivity index (χ1v) is 14.3. The molecule has 4 saturated carbocycles. The smallest absolute Gasteiger partial charge is 0.380 e. The van der Waals surface area contributed by atoms with Gasteiger partial charge in [0.05, 0.1) is 0 Å². The minimum absolute atomic E-state index is 0.0325. The van der Waals surface area contributed by atoms with E-state index in [9.17, 15) is 23.4 Å². The van der Waals surface area contributed by atoms with E-state index in [0.717, 1.165) is 38.5 Å². The van der Waals surface area contributed by atoms with Crippen molar-refractivity contribution >= 4 is 0 Å². The quantitative estimate of drug-likeness (QED) is 0.355. The van der Waals surface area contributed by atoms with Gasteiger partial charge in [0.15, 0.2) is 11.4 Å². The average molecular weight is 503 g/mol. The van der Waals surface area contributed by atoms with Crippen molar-refractivity contribution in [2.45, 2.75) is 129 Å². The Morgan fingerprint density at radius 3 is 2.26 bits per heavy atom. The number of hydrogen-bond donors (Lipinski definition) is 2. The molecule has 0 aromatic rings. The predicted molar refractivity (Wildman–Crippen MR) is 131 cm³/mol. The zero-order chi connectivity index (χ0) is 25.9. The van der Waals surface area contributed by atoms with E-state index in [1.54, 1.807) is 7.11 Å². The highest BCUT2D eigenvalue weighted by Gasteiger charge is 2.65. The Morgan fingerprint density at radius 2 is 1.63 bits per heavy atom. The molecule has 2 N–H and O–H groups in total. The first-order valence-electron chi connectivity index (χ1n) is 14.3. The molecule has 3 nitrogen and oxygen atoms in total. The van der Waals surface area contributed by atoms with E-state index in [-0.39, 0.29) is 29.6 Å². The van der Waals surface area contributed by atoms with Crippen LogP contribution in [0.2, 0.25) is 0 Å². The highest BCUT2D eigenvalue weighted by Crippen LogP contribution is 2.69. The molecule has 4 aliphatic carbocycles. The zero-order valence-electron chi connectivity index (χ0n) is 22.6. The normalized spacial score (nSPS) is 46.3. The molecule has 4 fully saturated rings. The summed E-state index contributed by atoms with van der Waals surface area (Å²) in [7, 11) is 1.60. The monoisotopic (exact) mass is 502 g/mol. The third-order valence-electron chi connectivity index (χ3n) is 12.0. The van der Waals surface area contributed by atoms with E-state index in [2.05, 4.69) is 27.7 Å². The van der Waals surface area contributed by atoms with E-state index in [1.807, 2.05) is 0 Å². The Bertz CT molecular complexity index is 758. The number of fused-ring (bicyclic) bond motifs is 5. The van der Waals surface area contributed by atoms with Gasteiger partial charge in [-0.2, -0.15) is 13.2 Å². The van der Waals surface area contributed by atoms with Crippen molar-refractivity contribution in [2.75, 3.05) is 7.11 Å². The molecular weight excluding hydrogens is 453 g/mol. The number of ether oxygens (including phenoxy) is 1. The van der Waals surface area contributed by atoms with Crippen LogP contribution in [-0.2, 0) is 4.74 Å². The van der Waals surface area contributed by atoms with Gasteiger partial charge in [-0.15, -0.1) is 0 Å². The van der Waals surface area contributed by atoms with Crippen molar-refractivity contribution in [2.24, 2.45) is 46.3 Å². The number of hydrogen-bond acceptors (Lipinski definition) is 3. The topological polar surface area (TPSA) is 49.7 Å². The minimum atomic E-state index is -4.53. The molecule has 0 aliphatic heterocycles. The summed E-state index contributed by atoms with van der Waals surface area (Å²) in [5.74, 6) is 1.81. The summed E-state index contributed by atoms with van der Waals surface area (Å²) < 4.78 is 46.3. The fourth-order valence-corrected chi connectivity index (χ4v) is 9.85. The van der Waals surface area contributed by atoms with E-state index in [1.165, 1.54) is 12.8 Å². The van der Waals surface area contributed by atoms with Gasteiger partial charge in [0.2, 0.25) is 0 Å². The maximum absolute atomic E-state index is 13.6. The van der Waals surface area contributed by atoms with Gasteiger partial charge in [-0.3, -0.25) is 0 Å². The van der Waals surface area contributed by atoms with Crippen molar-refractivity contribution in [3.63, 3.8) is 0 Å². The molecule has 0 amide bonds. The summed E-state index contributed by atoms with van der Waals surface area (Å²) in [6.45, 7) is 9.17. The Labute approximate surface area is 210 Å². The maximum atomic E-state index is 13.6. The van der Waals surface area contributed by atoms with Crippen LogP contribution in [-0.4, -0.2) is 34.9 Å². The molecule has 0 radical (unpaired) electrons. The van der Waals surface area contributed by atoms with Crippen LogP contribution in [0.3, 0.4) is 0 Å². The molecule has 4 aliphatic rings. The predicted octanol–water partition coefficient (Wildman–Crippen LogP) is 7.49. The van der Waals surface area contributed by atoms with Crippen LogP contribution >= 0.6 is 0 Å². The fourth-order valence-electron chi connectivity index (χ4n) is 9.85. The van der Waals surface area contributed by atoms with Crippen LogP contribution in [0.5, 0.6) is 0 Å². The lowest BCUT2D eigenvalue weighted by Gasteiger charge is -2.62. The molecule has 0 heterocycles. The summed E-state index contributed by atoms with van der Waals surface area (Å²) in [5.41, 5.74) is -2.30. The van der Waals surface area contributed by atoms with Gasteiger partial charge in [-0.05, 0) is 111 Å². The van der Waals surface area contributed by atoms with Crippen LogP contribution in [0.1, 0.15) is 111 Å². The van der Waals surface area contributed by atoms with E-state index in [0.29, 0.717) is 48.9 Å². The van der Waals surface area contributed by atoms with Crippen molar-refractivity contribution in [3.05, 3.63) is 0 Å². The van der Waals surface area contributed by atoms with E-state index < -0.39 is 17.6 Å². The molecule has 0 unspecified atom stereocenters. The van der Waals surface area contributed by atoms with Crippen molar-refractivity contribution in [1.82, 2.24) is 0 Å². The summed E-state index contributed by atoms with van der Waals surface area (Å²) in [4.78, 5) is 0. The Morgan fingerprint density at radius 1 is 0.943 bits per heavy atom. The van der Waals surface area contributed by atoms with E-state index in [4.69, 9.17) is 4.74 Å². The molecule has 6 heteroatoms. The van der Waals surface area contributed by atoms with Gasteiger partial charge in [0, 0.05) is 20.0 Å². The lowest BCUT2D eigenvalue weighted by molar-refractivity contribution is -0.290. The van der Waals surface area contributed by atoms with Gasteiger partial charge in [-0.25, -0.2) is 0 Å². The lowest BCUT2D eigenvalue weighted by atomic mass is 9.43. The van der Waals surface area contributed by atoms with Gasteiger partial charge in [-0.1, -0.05) is 34.1 Å². The zero-order valence-corrected chi connectivity index (χ0v) is 22.6. The standard InChI is InChI=1S/C29H49F3O3/c1-6-13-28(34,35-5)15-11-19(2)22-9-10-23-21-8-7-20-18-27(33,29(30,31)32)17-16-25(20,3)24(21)12-14-26(22,23)4/h19-24,33-34H,6-18H2,1-5H3/t19-,20+,21+,22-,23+,24+,25+,26-,27+,28-/m1/s1. The first-order chi connectivity index (χ1) is 16.2. The highest BCUT2D eigenvalue weighted by molar-refractivity contribution is 5.11. The Balaban J connectivity index is 1.46. The second-order valence-electron chi connectivity index (χ2n) is 13.5. The largest absolute Gasteiger partial charge is 0.417 e.